The molecule has 3 unspecified atom stereocenters. The first-order valence-electron chi connectivity index (χ1n) is 6.52. The van der Waals surface area contributed by atoms with E-state index in [-0.39, 0.29) is 12.0 Å². The summed E-state index contributed by atoms with van der Waals surface area (Å²) in [7, 11) is 3.63. The van der Waals surface area contributed by atoms with Crippen LogP contribution in [-0.2, 0) is 11.2 Å². The minimum atomic E-state index is 0.106. The lowest BCUT2D eigenvalue weighted by Crippen LogP contribution is -2.32. The Hall–Kier alpha value is -0.940. The van der Waals surface area contributed by atoms with E-state index in [1.165, 1.54) is 0 Å². The van der Waals surface area contributed by atoms with Gasteiger partial charge in [0.1, 0.15) is 0 Å². The Kier molecular flexibility index (Phi) is 5.75. The fraction of sp³-hybridized carbons (Fsp3) is 0.846. The molecule has 0 aliphatic heterocycles. The molecular weight excluding hydrogens is 230 g/mol. The van der Waals surface area contributed by atoms with Crippen LogP contribution in [0.5, 0.6) is 0 Å². The molecule has 0 aromatic carbocycles. The predicted octanol–water partition coefficient (Wildman–Crippen LogP) is 1.99. The number of aromatic nitrogens is 2. The van der Waals surface area contributed by atoms with Crippen molar-refractivity contribution >= 4 is 0 Å². The highest BCUT2D eigenvalue weighted by Gasteiger charge is 2.27. The van der Waals surface area contributed by atoms with Crippen molar-refractivity contribution in [2.45, 2.75) is 52.2 Å². The van der Waals surface area contributed by atoms with Gasteiger partial charge in [-0.15, -0.1) is 0 Å². The molecule has 0 bridgehead atoms. The van der Waals surface area contributed by atoms with Crippen molar-refractivity contribution in [3.63, 3.8) is 0 Å². The van der Waals surface area contributed by atoms with Gasteiger partial charge in [-0.05, 0) is 26.8 Å². The number of ether oxygens (including phenoxy) is 1. The van der Waals surface area contributed by atoms with Crippen LogP contribution in [0.4, 0.5) is 0 Å². The second kappa shape index (κ2) is 6.85. The number of methoxy groups -OCH3 is 1. The number of nitrogens with one attached hydrogen (secondary N) is 1. The Morgan fingerprint density at radius 1 is 1.28 bits per heavy atom. The molecule has 5 nitrogen and oxygen atoms in total. The van der Waals surface area contributed by atoms with Crippen molar-refractivity contribution < 1.29 is 9.26 Å². The number of nitrogens with zero attached hydrogens (tertiary/aromatic N) is 2. The maximum Gasteiger partial charge on any atom is 0.231 e. The SMILES string of the molecule is CNC(C)C(c1nc(CC(C)OC)no1)C(C)C. The maximum absolute atomic E-state index is 5.40. The van der Waals surface area contributed by atoms with E-state index in [0.29, 0.717) is 30.1 Å². The third-order valence-corrected chi connectivity index (χ3v) is 3.35. The summed E-state index contributed by atoms with van der Waals surface area (Å²) in [5, 5.41) is 7.28. The Morgan fingerprint density at radius 2 is 1.94 bits per heavy atom. The van der Waals surface area contributed by atoms with Crippen molar-refractivity contribution in [1.82, 2.24) is 15.5 Å². The smallest absolute Gasteiger partial charge is 0.231 e. The zero-order chi connectivity index (χ0) is 13.7. The molecule has 0 aliphatic rings. The molecule has 5 heteroatoms. The van der Waals surface area contributed by atoms with Gasteiger partial charge in [0.15, 0.2) is 5.82 Å². The summed E-state index contributed by atoms with van der Waals surface area (Å²) in [6, 6.07) is 0.304. The molecule has 0 aliphatic carbocycles. The molecule has 1 rings (SSSR count). The molecule has 1 heterocycles. The molecule has 0 radical (unpaired) electrons. The van der Waals surface area contributed by atoms with Crippen LogP contribution in [0.2, 0.25) is 0 Å². The monoisotopic (exact) mass is 255 g/mol. The second-order valence-corrected chi connectivity index (χ2v) is 5.15. The largest absolute Gasteiger partial charge is 0.381 e. The van der Waals surface area contributed by atoms with Crippen molar-refractivity contribution in [2.24, 2.45) is 5.92 Å². The quantitative estimate of drug-likeness (QED) is 0.807. The zero-order valence-electron chi connectivity index (χ0n) is 12.2. The van der Waals surface area contributed by atoms with Crippen molar-refractivity contribution in [3.05, 3.63) is 11.7 Å². The molecule has 1 aromatic rings. The van der Waals surface area contributed by atoms with Gasteiger partial charge in [-0.25, -0.2) is 0 Å². The third kappa shape index (κ3) is 3.78. The van der Waals surface area contributed by atoms with Gasteiger partial charge in [0.05, 0.1) is 12.0 Å². The molecular formula is C13H25N3O2. The van der Waals surface area contributed by atoms with E-state index in [4.69, 9.17) is 9.26 Å². The van der Waals surface area contributed by atoms with Crippen molar-refractivity contribution in [3.8, 4) is 0 Å². The molecule has 0 fully saturated rings. The van der Waals surface area contributed by atoms with E-state index >= 15 is 0 Å². The van der Waals surface area contributed by atoms with E-state index in [0.717, 1.165) is 0 Å². The normalized spacial score (nSPS) is 16.8. The number of hydrogen-bond donors (Lipinski definition) is 1. The van der Waals surface area contributed by atoms with E-state index in [9.17, 15) is 0 Å². The highest BCUT2D eigenvalue weighted by Crippen LogP contribution is 2.26. The fourth-order valence-corrected chi connectivity index (χ4v) is 2.08. The van der Waals surface area contributed by atoms with E-state index in [1.807, 2.05) is 14.0 Å². The van der Waals surface area contributed by atoms with Crippen molar-refractivity contribution in [1.29, 1.82) is 0 Å². The second-order valence-electron chi connectivity index (χ2n) is 5.15. The standard InChI is InChI=1S/C13H25N3O2/c1-8(2)12(10(4)14-5)13-15-11(16-18-13)7-9(3)17-6/h8-10,12,14H,7H2,1-6H3. The van der Waals surface area contributed by atoms with E-state index in [2.05, 4.69) is 36.2 Å². The Bertz CT molecular complexity index is 352. The first-order valence-corrected chi connectivity index (χ1v) is 6.52. The average molecular weight is 255 g/mol. The van der Waals surface area contributed by atoms with Crippen molar-refractivity contribution in [2.75, 3.05) is 14.2 Å². The van der Waals surface area contributed by atoms with Crippen LogP contribution >= 0.6 is 0 Å². The first kappa shape index (κ1) is 15.1. The highest BCUT2D eigenvalue weighted by atomic mass is 16.5. The molecule has 0 saturated heterocycles. The lowest BCUT2D eigenvalue weighted by molar-refractivity contribution is 0.116. The summed E-state index contributed by atoms with van der Waals surface area (Å²) in [6.45, 7) is 8.46. The summed E-state index contributed by atoms with van der Waals surface area (Å²) in [5.74, 6) is 2.10. The van der Waals surface area contributed by atoms with Gasteiger partial charge in [0, 0.05) is 19.6 Å². The lowest BCUT2D eigenvalue weighted by atomic mass is 9.89. The van der Waals surface area contributed by atoms with Crippen LogP contribution in [0.15, 0.2) is 4.52 Å². The van der Waals surface area contributed by atoms with E-state index in [1.54, 1.807) is 7.11 Å². The highest BCUT2D eigenvalue weighted by molar-refractivity contribution is 5.00. The molecule has 1 N–H and O–H groups in total. The van der Waals surface area contributed by atoms with Crippen LogP contribution in [0.3, 0.4) is 0 Å². The minimum absolute atomic E-state index is 0.106. The summed E-state index contributed by atoms with van der Waals surface area (Å²) < 4.78 is 10.6. The number of likely N-dealkylation sites (N-methyl/N-ethyl adjacent to an activating group) is 1. The Balaban J connectivity index is 2.81. The molecule has 3 atom stereocenters. The average Bonchev–Trinajstić information content (AvgIpc) is 2.76. The maximum atomic E-state index is 5.40. The molecule has 18 heavy (non-hydrogen) atoms. The van der Waals surface area contributed by atoms with Gasteiger partial charge in [-0.2, -0.15) is 4.98 Å². The van der Waals surface area contributed by atoms with Crippen LogP contribution in [0.25, 0.3) is 0 Å². The van der Waals surface area contributed by atoms with Crippen LogP contribution in [-0.4, -0.2) is 36.4 Å². The van der Waals surface area contributed by atoms with Gasteiger partial charge < -0.3 is 14.6 Å². The Labute approximate surface area is 109 Å². The molecule has 0 saturated carbocycles. The molecule has 0 amide bonds. The first-order chi connectivity index (χ1) is 8.49. The summed E-state index contributed by atoms with van der Waals surface area (Å²) in [6.07, 6.45) is 0.785. The van der Waals surface area contributed by atoms with Crippen LogP contribution in [0, 0.1) is 5.92 Å². The topological polar surface area (TPSA) is 60.2 Å². The predicted molar refractivity (Wildman–Crippen MR) is 70.6 cm³/mol. The molecule has 1 aromatic heterocycles. The zero-order valence-corrected chi connectivity index (χ0v) is 12.2. The fourth-order valence-electron chi connectivity index (χ4n) is 2.08. The van der Waals surface area contributed by atoms with Gasteiger partial charge in [-0.3, -0.25) is 0 Å². The van der Waals surface area contributed by atoms with Crippen LogP contribution < -0.4 is 5.32 Å². The van der Waals surface area contributed by atoms with Crippen LogP contribution in [0.1, 0.15) is 45.3 Å². The molecule has 104 valence electrons. The number of hydrogen-bond acceptors (Lipinski definition) is 5. The summed E-state index contributed by atoms with van der Waals surface area (Å²) in [4.78, 5) is 4.49. The van der Waals surface area contributed by atoms with Gasteiger partial charge in [0.25, 0.3) is 0 Å². The van der Waals surface area contributed by atoms with Gasteiger partial charge in [0.2, 0.25) is 5.89 Å². The minimum Gasteiger partial charge on any atom is -0.381 e. The third-order valence-electron chi connectivity index (χ3n) is 3.35. The molecule has 0 spiro atoms. The summed E-state index contributed by atoms with van der Waals surface area (Å²) >= 11 is 0. The lowest BCUT2D eigenvalue weighted by Gasteiger charge is -2.23. The Morgan fingerprint density at radius 3 is 2.44 bits per heavy atom. The summed E-state index contributed by atoms with van der Waals surface area (Å²) in [5.41, 5.74) is 0. The van der Waals surface area contributed by atoms with Gasteiger partial charge >= 0.3 is 0 Å². The number of rotatable bonds is 7. The van der Waals surface area contributed by atoms with Gasteiger partial charge in [-0.1, -0.05) is 19.0 Å². The van der Waals surface area contributed by atoms with E-state index < -0.39 is 0 Å².